The summed E-state index contributed by atoms with van der Waals surface area (Å²) in [5.74, 6) is -0.414. The Morgan fingerprint density at radius 1 is 1.47 bits per heavy atom. The molecular formula is C13H20N2O2. The molecular weight excluding hydrogens is 216 g/mol. The lowest BCUT2D eigenvalue weighted by Gasteiger charge is -2.22. The number of rotatable bonds is 6. The summed E-state index contributed by atoms with van der Waals surface area (Å²) in [7, 11) is 0. The molecule has 94 valence electrons. The lowest BCUT2D eigenvalue weighted by Crippen LogP contribution is -2.31. The maximum atomic E-state index is 11.0. The van der Waals surface area contributed by atoms with E-state index in [1.807, 2.05) is 26.0 Å². The molecule has 4 heteroatoms. The monoisotopic (exact) mass is 236 g/mol. The van der Waals surface area contributed by atoms with E-state index in [2.05, 4.69) is 5.32 Å². The Balaban J connectivity index is 2.52. The summed E-state index contributed by atoms with van der Waals surface area (Å²) < 4.78 is 0. The molecule has 0 saturated heterocycles. The summed E-state index contributed by atoms with van der Waals surface area (Å²) in [5.41, 5.74) is 6.60. The molecule has 0 heterocycles. The van der Waals surface area contributed by atoms with E-state index in [0.29, 0.717) is 18.7 Å². The topological polar surface area (TPSA) is 75.3 Å². The van der Waals surface area contributed by atoms with E-state index in [9.17, 15) is 4.79 Å². The van der Waals surface area contributed by atoms with Gasteiger partial charge in [0, 0.05) is 30.7 Å². The molecule has 1 aromatic carbocycles. The van der Waals surface area contributed by atoms with Crippen LogP contribution in [0, 0.1) is 5.41 Å². The van der Waals surface area contributed by atoms with Crippen molar-refractivity contribution in [1.29, 1.82) is 0 Å². The summed E-state index contributed by atoms with van der Waals surface area (Å²) in [6, 6.07) is 7.23. The highest BCUT2D eigenvalue weighted by molar-refractivity contribution is 5.92. The number of amides is 1. The first kappa shape index (κ1) is 13.7. The predicted molar refractivity (Wildman–Crippen MR) is 67.5 cm³/mol. The third-order valence-electron chi connectivity index (χ3n) is 2.57. The van der Waals surface area contributed by atoms with Crippen LogP contribution in [0.4, 0.5) is 0 Å². The quantitative estimate of drug-likeness (QED) is 0.686. The Bertz CT molecular complexity index is 389. The number of aliphatic hydroxyl groups excluding tert-OH is 1. The lowest BCUT2D eigenvalue weighted by molar-refractivity contribution is 0.1000. The van der Waals surface area contributed by atoms with Crippen LogP contribution in [0.5, 0.6) is 0 Å². The number of primary amides is 1. The second-order valence-electron chi connectivity index (χ2n) is 4.99. The van der Waals surface area contributed by atoms with Crippen LogP contribution in [0.1, 0.15) is 29.8 Å². The van der Waals surface area contributed by atoms with Crippen molar-refractivity contribution in [1.82, 2.24) is 5.32 Å². The van der Waals surface area contributed by atoms with Crippen LogP contribution in [-0.2, 0) is 6.54 Å². The van der Waals surface area contributed by atoms with E-state index >= 15 is 0 Å². The van der Waals surface area contributed by atoms with Crippen molar-refractivity contribution in [2.75, 3.05) is 13.2 Å². The number of hydrogen-bond donors (Lipinski definition) is 3. The number of benzene rings is 1. The largest absolute Gasteiger partial charge is 0.396 e. The standard InChI is InChI=1S/C13H20N2O2/c1-13(2,9-16)8-15-7-10-4-3-5-11(6-10)12(14)17/h3-6,15-16H,7-9H2,1-2H3,(H2,14,17). The summed E-state index contributed by atoms with van der Waals surface area (Å²) in [5, 5.41) is 12.4. The minimum absolute atomic E-state index is 0.138. The number of aliphatic hydroxyl groups is 1. The first-order valence-electron chi connectivity index (χ1n) is 5.65. The molecule has 0 fully saturated rings. The van der Waals surface area contributed by atoms with Crippen molar-refractivity contribution in [3.8, 4) is 0 Å². The fourth-order valence-corrected chi connectivity index (χ4v) is 1.44. The van der Waals surface area contributed by atoms with Crippen molar-refractivity contribution < 1.29 is 9.90 Å². The van der Waals surface area contributed by atoms with E-state index in [4.69, 9.17) is 10.8 Å². The van der Waals surface area contributed by atoms with Crippen LogP contribution in [-0.4, -0.2) is 24.2 Å². The first-order valence-corrected chi connectivity index (χ1v) is 5.65. The van der Waals surface area contributed by atoms with Gasteiger partial charge in [-0.05, 0) is 17.7 Å². The number of carbonyl (C=O) groups is 1. The zero-order chi connectivity index (χ0) is 12.9. The molecule has 4 N–H and O–H groups in total. The Kier molecular flexibility index (Phi) is 4.66. The van der Waals surface area contributed by atoms with Crippen molar-refractivity contribution >= 4 is 5.91 Å². The van der Waals surface area contributed by atoms with Gasteiger partial charge in [0.2, 0.25) is 5.91 Å². The van der Waals surface area contributed by atoms with E-state index in [0.717, 1.165) is 5.56 Å². The molecule has 0 saturated carbocycles. The number of carbonyl (C=O) groups excluding carboxylic acids is 1. The highest BCUT2D eigenvalue weighted by Crippen LogP contribution is 2.12. The molecule has 0 radical (unpaired) electrons. The average molecular weight is 236 g/mol. The van der Waals surface area contributed by atoms with Crippen LogP contribution < -0.4 is 11.1 Å². The van der Waals surface area contributed by atoms with Gasteiger partial charge in [-0.1, -0.05) is 26.0 Å². The Morgan fingerprint density at radius 3 is 2.76 bits per heavy atom. The van der Waals surface area contributed by atoms with Crippen molar-refractivity contribution in [3.63, 3.8) is 0 Å². The third-order valence-corrected chi connectivity index (χ3v) is 2.57. The molecule has 0 aliphatic rings. The van der Waals surface area contributed by atoms with Crippen LogP contribution in [0.3, 0.4) is 0 Å². The molecule has 1 amide bonds. The van der Waals surface area contributed by atoms with Crippen molar-refractivity contribution in [2.45, 2.75) is 20.4 Å². The number of nitrogens with one attached hydrogen (secondary N) is 1. The zero-order valence-corrected chi connectivity index (χ0v) is 10.4. The smallest absolute Gasteiger partial charge is 0.248 e. The number of hydrogen-bond acceptors (Lipinski definition) is 3. The van der Waals surface area contributed by atoms with E-state index in [-0.39, 0.29) is 12.0 Å². The predicted octanol–water partition coefficient (Wildman–Crippen LogP) is 0.894. The normalized spacial score (nSPS) is 11.5. The maximum Gasteiger partial charge on any atom is 0.248 e. The van der Waals surface area contributed by atoms with Gasteiger partial charge in [-0.25, -0.2) is 0 Å². The molecule has 0 spiro atoms. The van der Waals surface area contributed by atoms with E-state index in [1.165, 1.54) is 0 Å². The van der Waals surface area contributed by atoms with Gasteiger partial charge in [0.25, 0.3) is 0 Å². The Labute approximate surface area is 102 Å². The Hall–Kier alpha value is -1.39. The summed E-state index contributed by atoms with van der Waals surface area (Å²) in [6.45, 7) is 5.48. The zero-order valence-electron chi connectivity index (χ0n) is 10.4. The second kappa shape index (κ2) is 5.80. The van der Waals surface area contributed by atoms with Gasteiger partial charge >= 0.3 is 0 Å². The van der Waals surface area contributed by atoms with E-state index < -0.39 is 5.91 Å². The van der Waals surface area contributed by atoms with Gasteiger partial charge in [-0.2, -0.15) is 0 Å². The number of nitrogens with two attached hydrogens (primary N) is 1. The fourth-order valence-electron chi connectivity index (χ4n) is 1.44. The first-order chi connectivity index (χ1) is 7.94. The fraction of sp³-hybridized carbons (Fsp3) is 0.462. The van der Waals surface area contributed by atoms with Crippen LogP contribution >= 0.6 is 0 Å². The van der Waals surface area contributed by atoms with Crippen LogP contribution in [0.2, 0.25) is 0 Å². The maximum absolute atomic E-state index is 11.0. The van der Waals surface area contributed by atoms with Gasteiger partial charge in [0.15, 0.2) is 0 Å². The van der Waals surface area contributed by atoms with E-state index in [1.54, 1.807) is 12.1 Å². The molecule has 4 nitrogen and oxygen atoms in total. The van der Waals surface area contributed by atoms with Crippen LogP contribution in [0.25, 0.3) is 0 Å². The van der Waals surface area contributed by atoms with Gasteiger partial charge in [0.05, 0.1) is 0 Å². The van der Waals surface area contributed by atoms with Crippen molar-refractivity contribution in [3.05, 3.63) is 35.4 Å². The molecule has 0 unspecified atom stereocenters. The van der Waals surface area contributed by atoms with Crippen molar-refractivity contribution in [2.24, 2.45) is 11.1 Å². The highest BCUT2D eigenvalue weighted by atomic mass is 16.3. The van der Waals surface area contributed by atoms with Gasteiger partial charge in [-0.3, -0.25) is 4.79 Å². The molecule has 0 aromatic heterocycles. The Morgan fingerprint density at radius 2 is 2.18 bits per heavy atom. The summed E-state index contributed by atoms with van der Waals surface area (Å²) in [4.78, 5) is 11.0. The lowest BCUT2D eigenvalue weighted by atomic mass is 9.95. The average Bonchev–Trinajstić information content (AvgIpc) is 2.29. The molecule has 0 atom stereocenters. The molecule has 0 aliphatic heterocycles. The third kappa shape index (κ3) is 4.54. The minimum atomic E-state index is -0.414. The van der Waals surface area contributed by atoms with Gasteiger partial charge in [-0.15, -0.1) is 0 Å². The van der Waals surface area contributed by atoms with Gasteiger partial charge < -0.3 is 16.2 Å². The second-order valence-corrected chi connectivity index (χ2v) is 4.99. The SMILES string of the molecule is CC(C)(CO)CNCc1cccc(C(N)=O)c1. The van der Waals surface area contributed by atoms with Gasteiger partial charge in [0.1, 0.15) is 0 Å². The molecule has 0 bridgehead atoms. The molecule has 0 aliphatic carbocycles. The summed E-state index contributed by atoms with van der Waals surface area (Å²) in [6.07, 6.45) is 0. The molecule has 1 aromatic rings. The van der Waals surface area contributed by atoms with Crippen LogP contribution in [0.15, 0.2) is 24.3 Å². The highest BCUT2D eigenvalue weighted by Gasteiger charge is 2.15. The summed E-state index contributed by atoms with van der Waals surface area (Å²) >= 11 is 0. The minimum Gasteiger partial charge on any atom is -0.396 e. The molecule has 17 heavy (non-hydrogen) atoms. The molecule has 1 rings (SSSR count).